The summed E-state index contributed by atoms with van der Waals surface area (Å²) in [6.45, 7) is 11.3. The normalized spacial score (nSPS) is 21.5. The first kappa shape index (κ1) is 16.5. The highest BCUT2D eigenvalue weighted by Crippen LogP contribution is 2.39. The van der Waals surface area contributed by atoms with Gasteiger partial charge >= 0.3 is 0 Å². The fraction of sp³-hybridized carbons (Fsp3) is 0.700. The second-order valence-electron chi connectivity index (χ2n) is 7.68. The third kappa shape index (κ3) is 5.14. The number of epoxide rings is 1. The Kier molecular flexibility index (Phi) is 5.48. The molecule has 0 amide bonds. The number of hydrogen-bond donors (Lipinski definition) is 0. The Bertz CT molecular complexity index is 430. The van der Waals surface area contributed by atoms with Crippen molar-refractivity contribution in [2.75, 3.05) is 0 Å². The van der Waals surface area contributed by atoms with Gasteiger partial charge in [0.1, 0.15) is 0 Å². The third-order valence-corrected chi connectivity index (χ3v) is 4.89. The van der Waals surface area contributed by atoms with Gasteiger partial charge < -0.3 is 4.74 Å². The monoisotopic (exact) mass is 288 g/mol. The number of hydrogen-bond acceptors (Lipinski definition) is 1. The van der Waals surface area contributed by atoms with Gasteiger partial charge in [-0.25, -0.2) is 0 Å². The zero-order valence-electron chi connectivity index (χ0n) is 14.5. The maximum Gasteiger partial charge on any atom is 0.0892 e. The molecule has 1 heterocycles. The molecule has 0 aromatic heterocycles. The van der Waals surface area contributed by atoms with E-state index in [9.17, 15) is 0 Å². The molecular formula is C20H32O. The molecule has 1 nitrogen and oxygen atoms in total. The van der Waals surface area contributed by atoms with E-state index in [0.717, 1.165) is 5.92 Å². The summed E-state index contributed by atoms with van der Waals surface area (Å²) in [5.41, 5.74) is 3.09. The molecule has 1 fully saturated rings. The van der Waals surface area contributed by atoms with Gasteiger partial charge in [-0.2, -0.15) is 0 Å². The maximum absolute atomic E-state index is 5.66. The van der Waals surface area contributed by atoms with Gasteiger partial charge in [0.25, 0.3) is 0 Å². The van der Waals surface area contributed by atoms with Crippen LogP contribution >= 0.6 is 0 Å². The van der Waals surface area contributed by atoms with Gasteiger partial charge in [-0.05, 0) is 62.5 Å². The first-order valence-electron chi connectivity index (χ1n) is 8.65. The van der Waals surface area contributed by atoms with Crippen molar-refractivity contribution in [3.63, 3.8) is 0 Å². The summed E-state index contributed by atoms with van der Waals surface area (Å²) in [4.78, 5) is 0. The largest absolute Gasteiger partial charge is 0.367 e. The second-order valence-corrected chi connectivity index (χ2v) is 7.68. The van der Waals surface area contributed by atoms with E-state index in [-0.39, 0.29) is 5.60 Å². The predicted octanol–water partition coefficient (Wildman–Crippen LogP) is 5.73. The van der Waals surface area contributed by atoms with E-state index in [0.29, 0.717) is 12.0 Å². The highest BCUT2D eigenvalue weighted by Gasteiger charge is 2.46. The number of benzene rings is 1. The summed E-state index contributed by atoms with van der Waals surface area (Å²) in [5.74, 6) is 1.45. The highest BCUT2D eigenvalue weighted by atomic mass is 16.6. The van der Waals surface area contributed by atoms with Gasteiger partial charge in [0.2, 0.25) is 0 Å². The molecule has 1 aliphatic heterocycles. The first-order valence-corrected chi connectivity index (χ1v) is 8.65. The van der Waals surface area contributed by atoms with E-state index in [1.54, 1.807) is 0 Å². The van der Waals surface area contributed by atoms with Crippen LogP contribution < -0.4 is 0 Å². The minimum atomic E-state index is 0.165. The van der Waals surface area contributed by atoms with Crippen molar-refractivity contribution >= 4 is 0 Å². The standard InChI is InChI=1S/C20H32O/c1-15(2)18-12-10-17(11-13-18)8-6-7-16(3)9-14-19-20(4,5)21-19/h10-13,15-16,19H,6-9,14H2,1-5H3. The number of aryl methyl sites for hydroxylation is 1. The van der Waals surface area contributed by atoms with Crippen molar-refractivity contribution in [2.45, 2.75) is 84.3 Å². The van der Waals surface area contributed by atoms with Crippen molar-refractivity contribution in [2.24, 2.45) is 5.92 Å². The van der Waals surface area contributed by atoms with E-state index in [1.165, 1.54) is 43.2 Å². The topological polar surface area (TPSA) is 12.5 Å². The number of ether oxygens (including phenoxy) is 1. The quantitative estimate of drug-likeness (QED) is 0.557. The Morgan fingerprint density at radius 3 is 2.19 bits per heavy atom. The molecule has 1 aromatic rings. The fourth-order valence-electron chi connectivity index (χ4n) is 3.04. The Morgan fingerprint density at radius 1 is 1.05 bits per heavy atom. The van der Waals surface area contributed by atoms with Gasteiger partial charge in [0.15, 0.2) is 0 Å². The SMILES string of the molecule is CC(CCCc1ccc(C(C)C)cc1)CCC1OC1(C)C. The summed E-state index contributed by atoms with van der Waals surface area (Å²) in [7, 11) is 0. The van der Waals surface area contributed by atoms with Crippen molar-refractivity contribution in [3.8, 4) is 0 Å². The minimum absolute atomic E-state index is 0.165. The Morgan fingerprint density at radius 2 is 1.67 bits per heavy atom. The van der Waals surface area contributed by atoms with Crippen molar-refractivity contribution < 1.29 is 4.74 Å². The fourth-order valence-corrected chi connectivity index (χ4v) is 3.04. The van der Waals surface area contributed by atoms with E-state index in [1.807, 2.05) is 0 Å². The zero-order chi connectivity index (χ0) is 15.5. The molecule has 118 valence electrons. The summed E-state index contributed by atoms with van der Waals surface area (Å²) in [6.07, 6.45) is 6.91. The molecule has 1 saturated heterocycles. The van der Waals surface area contributed by atoms with Crippen molar-refractivity contribution in [1.82, 2.24) is 0 Å². The van der Waals surface area contributed by atoms with Crippen LogP contribution in [0.25, 0.3) is 0 Å². The van der Waals surface area contributed by atoms with Crippen LogP contribution in [0.3, 0.4) is 0 Å². The lowest BCUT2D eigenvalue weighted by atomic mass is 9.94. The second kappa shape index (κ2) is 6.96. The maximum atomic E-state index is 5.66. The van der Waals surface area contributed by atoms with Crippen LogP contribution in [0, 0.1) is 5.92 Å². The molecule has 0 saturated carbocycles. The molecule has 2 rings (SSSR count). The van der Waals surface area contributed by atoms with Gasteiger partial charge in [-0.15, -0.1) is 0 Å². The molecule has 0 N–H and O–H groups in total. The lowest BCUT2D eigenvalue weighted by molar-refractivity contribution is 0.312. The Balaban J connectivity index is 1.62. The van der Waals surface area contributed by atoms with Crippen LogP contribution in [0.5, 0.6) is 0 Å². The van der Waals surface area contributed by atoms with Gasteiger partial charge in [0.05, 0.1) is 11.7 Å². The summed E-state index contributed by atoms with van der Waals surface area (Å²) >= 11 is 0. The summed E-state index contributed by atoms with van der Waals surface area (Å²) in [5, 5.41) is 0. The Hall–Kier alpha value is -0.820. The molecule has 1 heteroatoms. The third-order valence-electron chi connectivity index (χ3n) is 4.89. The van der Waals surface area contributed by atoms with Gasteiger partial charge in [-0.1, -0.05) is 51.5 Å². The van der Waals surface area contributed by atoms with Gasteiger partial charge in [0, 0.05) is 0 Å². The number of rotatable bonds is 8. The van der Waals surface area contributed by atoms with E-state index in [4.69, 9.17) is 4.74 Å². The minimum Gasteiger partial charge on any atom is -0.367 e. The summed E-state index contributed by atoms with van der Waals surface area (Å²) in [6, 6.07) is 9.19. The predicted molar refractivity (Wildman–Crippen MR) is 90.8 cm³/mol. The Labute approximate surface area is 131 Å². The van der Waals surface area contributed by atoms with Crippen molar-refractivity contribution in [3.05, 3.63) is 35.4 Å². The van der Waals surface area contributed by atoms with Crippen molar-refractivity contribution in [1.29, 1.82) is 0 Å². The first-order chi connectivity index (χ1) is 9.88. The van der Waals surface area contributed by atoms with E-state index < -0.39 is 0 Å². The van der Waals surface area contributed by atoms with Gasteiger partial charge in [-0.3, -0.25) is 0 Å². The lowest BCUT2D eigenvalue weighted by Crippen LogP contribution is -2.05. The lowest BCUT2D eigenvalue weighted by Gasteiger charge is -2.11. The molecule has 0 bridgehead atoms. The zero-order valence-corrected chi connectivity index (χ0v) is 14.5. The average molecular weight is 288 g/mol. The van der Waals surface area contributed by atoms with Crippen LogP contribution in [0.1, 0.15) is 77.3 Å². The van der Waals surface area contributed by atoms with E-state index >= 15 is 0 Å². The highest BCUT2D eigenvalue weighted by molar-refractivity contribution is 5.24. The van der Waals surface area contributed by atoms with Crippen LogP contribution in [-0.2, 0) is 11.2 Å². The molecule has 0 radical (unpaired) electrons. The molecule has 21 heavy (non-hydrogen) atoms. The molecule has 1 aliphatic rings. The molecular weight excluding hydrogens is 256 g/mol. The molecule has 2 unspecified atom stereocenters. The van der Waals surface area contributed by atoms with E-state index in [2.05, 4.69) is 58.9 Å². The van der Waals surface area contributed by atoms with Crippen LogP contribution in [0.4, 0.5) is 0 Å². The van der Waals surface area contributed by atoms with Crippen LogP contribution in [0.15, 0.2) is 24.3 Å². The summed E-state index contributed by atoms with van der Waals surface area (Å²) < 4.78 is 5.66. The van der Waals surface area contributed by atoms with Crippen LogP contribution in [0.2, 0.25) is 0 Å². The molecule has 0 aliphatic carbocycles. The molecule has 2 atom stereocenters. The average Bonchev–Trinajstić information content (AvgIpc) is 3.04. The molecule has 1 aromatic carbocycles. The molecule has 0 spiro atoms. The smallest absolute Gasteiger partial charge is 0.0892 e. The van der Waals surface area contributed by atoms with Crippen LogP contribution in [-0.4, -0.2) is 11.7 Å².